The number of amides is 2. The van der Waals surface area contributed by atoms with Gasteiger partial charge in [-0.25, -0.2) is 24.7 Å². The maximum atomic E-state index is 13.3. The Morgan fingerprint density at radius 1 is 1.31 bits per heavy atom. The fourth-order valence-corrected chi connectivity index (χ4v) is 4.08. The topological polar surface area (TPSA) is 147 Å². The maximum absolute atomic E-state index is 13.3. The quantitative estimate of drug-likeness (QED) is 0.113. The van der Waals surface area contributed by atoms with Crippen LogP contribution in [0.2, 0.25) is 0 Å². The van der Waals surface area contributed by atoms with E-state index in [1.807, 2.05) is 30.3 Å². The number of nitrogens with two attached hydrogens (primary N) is 3. The maximum Gasteiger partial charge on any atom is 0.285 e. The van der Waals surface area contributed by atoms with Crippen LogP contribution in [0.1, 0.15) is 25.3 Å². The first-order valence-corrected chi connectivity index (χ1v) is 12.2. The molecule has 1 saturated heterocycles. The Bertz CT molecular complexity index is 1040. The van der Waals surface area contributed by atoms with Crippen molar-refractivity contribution < 1.29 is 18.4 Å². The van der Waals surface area contributed by atoms with Crippen molar-refractivity contribution in [1.29, 1.82) is 0 Å². The van der Waals surface area contributed by atoms with E-state index in [1.54, 1.807) is 36.0 Å². The molecule has 3 rings (SSSR count). The fourth-order valence-electron chi connectivity index (χ4n) is 3.18. The van der Waals surface area contributed by atoms with Crippen molar-refractivity contribution in [2.24, 2.45) is 22.4 Å². The van der Waals surface area contributed by atoms with Gasteiger partial charge in [0.1, 0.15) is 5.82 Å². The number of primary amides is 1. The van der Waals surface area contributed by atoms with Gasteiger partial charge in [0.15, 0.2) is 0 Å². The van der Waals surface area contributed by atoms with Gasteiger partial charge in [0.05, 0.1) is 18.8 Å². The zero-order valence-corrected chi connectivity index (χ0v) is 21.1. The molecule has 10 nitrogen and oxygen atoms in total. The van der Waals surface area contributed by atoms with Crippen LogP contribution in [-0.4, -0.2) is 60.1 Å². The van der Waals surface area contributed by atoms with Gasteiger partial charge in [-0.05, 0) is 17.7 Å². The van der Waals surface area contributed by atoms with Crippen LogP contribution in [-0.2, 0) is 16.1 Å². The molecule has 1 fully saturated rings. The molecule has 196 valence electrons. The lowest BCUT2D eigenvalue weighted by Gasteiger charge is -2.21. The van der Waals surface area contributed by atoms with E-state index in [0.717, 1.165) is 27.8 Å². The van der Waals surface area contributed by atoms with Crippen molar-refractivity contribution in [3.63, 3.8) is 0 Å². The fraction of sp³-hybridized carbons (Fsp3) is 0.391. The van der Waals surface area contributed by atoms with Crippen LogP contribution in [0.15, 0.2) is 52.6 Å². The summed E-state index contributed by atoms with van der Waals surface area (Å²) >= 11 is 1.61. The molecule has 0 unspecified atom stereocenters. The zero-order chi connectivity index (χ0) is 26.7. The molecule has 13 heteroatoms. The molecular weight excluding hydrogens is 490 g/mol. The Balaban J connectivity index is 0.000000269. The minimum Gasteiger partial charge on any atom is -0.378 e. The summed E-state index contributed by atoms with van der Waals surface area (Å²) in [5.74, 6) is 3.16. The van der Waals surface area contributed by atoms with E-state index in [0.29, 0.717) is 24.5 Å². The number of hydrogen-bond donors (Lipinski definition) is 3. The van der Waals surface area contributed by atoms with Gasteiger partial charge in [0, 0.05) is 37.2 Å². The average Bonchev–Trinajstić information content (AvgIpc) is 3.22. The summed E-state index contributed by atoms with van der Waals surface area (Å²) in [7, 11) is 1.65. The Kier molecular flexibility index (Phi) is 10.9. The second-order valence-corrected chi connectivity index (χ2v) is 9.17. The molecule has 0 saturated carbocycles. The van der Waals surface area contributed by atoms with E-state index < -0.39 is 11.8 Å². The third kappa shape index (κ3) is 8.96. The first-order valence-electron chi connectivity index (χ1n) is 11.2. The van der Waals surface area contributed by atoms with Crippen LogP contribution >= 0.6 is 11.8 Å². The smallest absolute Gasteiger partial charge is 0.285 e. The number of hydrogen-bond acceptors (Lipinski definition) is 8. The highest BCUT2D eigenvalue weighted by molar-refractivity contribution is 7.99. The van der Waals surface area contributed by atoms with E-state index in [9.17, 15) is 18.4 Å². The highest BCUT2D eigenvalue weighted by Gasteiger charge is 2.38. The molecule has 1 aromatic heterocycles. The SMILES string of the molecule is CCCSc1cnc(N2CCC(F)(F)C2)cc1N(C)C=O.NC(=O)/C(N)=N/N(N)Cc1ccccc1. The number of aromatic nitrogens is 1. The molecule has 2 heterocycles. The lowest BCUT2D eigenvalue weighted by molar-refractivity contribution is -0.112. The second kappa shape index (κ2) is 13.6. The van der Waals surface area contributed by atoms with Crippen molar-refractivity contribution in [3.05, 3.63) is 48.2 Å². The molecule has 2 amide bonds. The van der Waals surface area contributed by atoms with Crippen LogP contribution in [0, 0.1) is 0 Å². The normalized spacial score (nSPS) is 14.6. The minimum atomic E-state index is -2.66. The number of carbonyl (C=O) groups excluding carboxylic acids is 2. The van der Waals surface area contributed by atoms with Gasteiger partial charge in [-0.1, -0.05) is 37.3 Å². The average molecular weight is 523 g/mol. The zero-order valence-electron chi connectivity index (χ0n) is 20.3. The molecule has 0 bridgehead atoms. The van der Waals surface area contributed by atoms with Crippen molar-refractivity contribution >= 4 is 41.4 Å². The van der Waals surface area contributed by atoms with Gasteiger partial charge in [0.25, 0.3) is 11.8 Å². The van der Waals surface area contributed by atoms with Gasteiger partial charge < -0.3 is 21.3 Å². The summed E-state index contributed by atoms with van der Waals surface area (Å²) in [4.78, 5) is 29.8. The highest BCUT2D eigenvalue weighted by atomic mass is 32.2. The van der Waals surface area contributed by atoms with Gasteiger partial charge in [0.2, 0.25) is 12.2 Å². The lowest BCUT2D eigenvalue weighted by atomic mass is 10.2. The lowest BCUT2D eigenvalue weighted by Crippen LogP contribution is -2.36. The van der Waals surface area contributed by atoms with Crippen LogP contribution in [0.3, 0.4) is 0 Å². The van der Waals surface area contributed by atoms with E-state index in [4.69, 9.17) is 17.3 Å². The number of halogens is 2. The number of benzene rings is 1. The molecule has 2 aromatic rings. The third-order valence-corrected chi connectivity index (χ3v) is 6.24. The van der Waals surface area contributed by atoms with E-state index in [1.165, 1.54) is 4.90 Å². The standard InChI is InChI=1S/C14H19F2N3OS.C9H13N5O/c1-3-6-21-12-8-17-13(7-11(12)18(2)10-20)19-5-4-14(15,16)9-19;10-8(9(11)15)13-14(12)6-7-4-2-1-3-5-7/h7-8,10H,3-6,9H2,1-2H3;1-5H,6,12H2,(H2,10,13)(H2,11,15). The molecular formula is C23H32F2N8O2S. The van der Waals surface area contributed by atoms with Crippen molar-refractivity contribution in [2.75, 3.05) is 35.7 Å². The molecule has 6 N–H and O–H groups in total. The molecule has 0 radical (unpaired) electrons. The number of rotatable bonds is 9. The summed E-state index contributed by atoms with van der Waals surface area (Å²) in [6, 6.07) is 11.1. The van der Waals surface area contributed by atoms with Crippen molar-refractivity contribution in [3.8, 4) is 0 Å². The number of anilines is 2. The molecule has 0 spiro atoms. The molecule has 36 heavy (non-hydrogen) atoms. The molecule has 1 aliphatic rings. The Morgan fingerprint density at radius 2 is 2.00 bits per heavy atom. The summed E-state index contributed by atoms with van der Waals surface area (Å²) < 4.78 is 26.6. The van der Waals surface area contributed by atoms with Gasteiger partial charge >= 0.3 is 0 Å². The number of thioether (sulfide) groups is 1. The number of nitrogens with zero attached hydrogens (tertiary/aromatic N) is 5. The van der Waals surface area contributed by atoms with E-state index in [2.05, 4.69) is 17.0 Å². The van der Waals surface area contributed by atoms with Crippen LogP contribution < -0.4 is 27.1 Å². The molecule has 0 aliphatic carbocycles. The van der Waals surface area contributed by atoms with Crippen molar-refractivity contribution in [1.82, 2.24) is 10.1 Å². The van der Waals surface area contributed by atoms with Crippen LogP contribution in [0.4, 0.5) is 20.3 Å². The third-order valence-electron chi connectivity index (χ3n) is 5.00. The predicted molar refractivity (Wildman–Crippen MR) is 138 cm³/mol. The summed E-state index contributed by atoms with van der Waals surface area (Å²) in [6.07, 6.45) is 3.24. The van der Waals surface area contributed by atoms with Crippen molar-refractivity contribution in [2.45, 2.75) is 37.1 Å². The van der Waals surface area contributed by atoms with Gasteiger partial charge in [-0.3, -0.25) is 9.59 Å². The Labute approximate surface area is 213 Å². The van der Waals surface area contributed by atoms with Gasteiger partial charge in [-0.15, -0.1) is 16.9 Å². The summed E-state index contributed by atoms with van der Waals surface area (Å²) in [5, 5.41) is 4.67. The number of amidine groups is 1. The van der Waals surface area contributed by atoms with E-state index in [-0.39, 0.29) is 25.3 Å². The predicted octanol–water partition coefficient (Wildman–Crippen LogP) is 2.14. The van der Waals surface area contributed by atoms with Crippen LogP contribution in [0.5, 0.6) is 0 Å². The summed E-state index contributed by atoms with van der Waals surface area (Å²) in [5.41, 5.74) is 11.8. The van der Waals surface area contributed by atoms with E-state index >= 15 is 0 Å². The number of alkyl halides is 2. The highest BCUT2D eigenvalue weighted by Crippen LogP contribution is 2.35. The largest absolute Gasteiger partial charge is 0.378 e. The minimum absolute atomic E-state index is 0.153. The first-order chi connectivity index (χ1) is 17.1. The molecule has 1 aliphatic heterocycles. The number of pyridine rings is 1. The number of hydrazone groups is 1. The molecule has 1 aromatic carbocycles. The Morgan fingerprint density at radius 3 is 2.56 bits per heavy atom. The van der Waals surface area contributed by atoms with Gasteiger partial charge in [-0.2, -0.15) is 0 Å². The monoisotopic (exact) mass is 522 g/mol. The number of carbonyl (C=O) groups is 2. The second-order valence-electron chi connectivity index (χ2n) is 8.04. The van der Waals surface area contributed by atoms with Crippen LogP contribution in [0.25, 0.3) is 0 Å². The summed E-state index contributed by atoms with van der Waals surface area (Å²) in [6.45, 7) is 2.40. The first kappa shape index (κ1) is 28.8. The molecule has 0 atom stereocenters. The Hall–Kier alpha value is -3.45. The number of hydrazine groups is 1.